The summed E-state index contributed by atoms with van der Waals surface area (Å²) in [4.78, 5) is 23.4. The van der Waals surface area contributed by atoms with Crippen LogP contribution in [0.15, 0.2) is 24.3 Å². The zero-order chi connectivity index (χ0) is 16.1. The quantitative estimate of drug-likeness (QED) is 0.850. The number of nitrogens with one attached hydrogen (secondary N) is 1. The SMILES string of the molecule is CC(=O)c1cccc(OCC(=O)N[C@@H]2CCC[C@@H](C)[C@H]2C)c1. The summed E-state index contributed by atoms with van der Waals surface area (Å²) in [5.74, 6) is 1.58. The molecule has 1 N–H and O–H groups in total. The molecule has 22 heavy (non-hydrogen) atoms. The Morgan fingerprint density at radius 2 is 2.05 bits per heavy atom. The van der Waals surface area contributed by atoms with E-state index in [9.17, 15) is 9.59 Å². The average Bonchev–Trinajstić information content (AvgIpc) is 2.50. The van der Waals surface area contributed by atoms with Crippen LogP contribution in [-0.2, 0) is 4.79 Å². The molecule has 0 heterocycles. The normalized spacial score (nSPS) is 24.6. The zero-order valence-corrected chi connectivity index (χ0v) is 13.6. The van der Waals surface area contributed by atoms with Crippen molar-refractivity contribution < 1.29 is 14.3 Å². The third-order valence-electron chi connectivity index (χ3n) is 4.66. The summed E-state index contributed by atoms with van der Waals surface area (Å²) in [5.41, 5.74) is 0.590. The van der Waals surface area contributed by atoms with Gasteiger partial charge in [0.1, 0.15) is 5.75 Å². The van der Waals surface area contributed by atoms with E-state index < -0.39 is 0 Å². The monoisotopic (exact) mass is 303 g/mol. The summed E-state index contributed by atoms with van der Waals surface area (Å²) in [6, 6.07) is 7.16. The number of amides is 1. The molecular formula is C18H25NO3. The van der Waals surface area contributed by atoms with Gasteiger partial charge in [-0.2, -0.15) is 0 Å². The van der Waals surface area contributed by atoms with Crippen LogP contribution in [0.4, 0.5) is 0 Å². The fourth-order valence-corrected chi connectivity index (χ4v) is 2.99. The van der Waals surface area contributed by atoms with Crippen LogP contribution in [0.1, 0.15) is 50.4 Å². The molecular weight excluding hydrogens is 278 g/mol. The molecule has 4 heteroatoms. The van der Waals surface area contributed by atoms with E-state index in [4.69, 9.17) is 4.74 Å². The Balaban J connectivity index is 1.85. The predicted molar refractivity (Wildman–Crippen MR) is 86.1 cm³/mol. The number of rotatable bonds is 5. The fourth-order valence-electron chi connectivity index (χ4n) is 2.99. The van der Waals surface area contributed by atoms with E-state index in [-0.39, 0.29) is 24.3 Å². The number of carbonyl (C=O) groups is 2. The summed E-state index contributed by atoms with van der Waals surface area (Å²) < 4.78 is 5.50. The highest BCUT2D eigenvalue weighted by Gasteiger charge is 2.28. The maximum Gasteiger partial charge on any atom is 0.258 e. The van der Waals surface area contributed by atoms with Crippen molar-refractivity contribution in [2.45, 2.75) is 46.1 Å². The Morgan fingerprint density at radius 1 is 1.27 bits per heavy atom. The minimum absolute atomic E-state index is 0.0140. The molecule has 3 atom stereocenters. The van der Waals surface area contributed by atoms with E-state index in [2.05, 4.69) is 19.2 Å². The van der Waals surface area contributed by atoms with E-state index >= 15 is 0 Å². The van der Waals surface area contributed by atoms with Crippen molar-refractivity contribution >= 4 is 11.7 Å². The molecule has 1 aliphatic rings. The molecule has 1 fully saturated rings. The molecule has 0 unspecified atom stereocenters. The van der Waals surface area contributed by atoms with E-state index in [1.165, 1.54) is 13.3 Å². The molecule has 0 bridgehead atoms. The maximum atomic E-state index is 12.1. The third kappa shape index (κ3) is 4.33. The van der Waals surface area contributed by atoms with E-state index in [1.54, 1.807) is 24.3 Å². The van der Waals surface area contributed by atoms with Gasteiger partial charge in [-0.05, 0) is 37.3 Å². The van der Waals surface area contributed by atoms with Gasteiger partial charge in [-0.1, -0.05) is 38.8 Å². The van der Waals surface area contributed by atoms with Crippen LogP contribution in [0.5, 0.6) is 5.75 Å². The van der Waals surface area contributed by atoms with Crippen LogP contribution < -0.4 is 10.1 Å². The first kappa shape index (κ1) is 16.5. The summed E-state index contributed by atoms with van der Waals surface area (Å²) in [6.07, 6.45) is 3.44. The average molecular weight is 303 g/mol. The molecule has 1 amide bonds. The lowest BCUT2D eigenvalue weighted by Gasteiger charge is -2.34. The lowest BCUT2D eigenvalue weighted by molar-refractivity contribution is -0.124. The number of hydrogen-bond donors (Lipinski definition) is 1. The van der Waals surface area contributed by atoms with E-state index in [0.29, 0.717) is 23.1 Å². The van der Waals surface area contributed by atoms with Crippen LogP contribution >= 0.6 is 0 Å². The van der Waals surface area contributed by atoms with Crippen LogP contribution in [0.25, 0.3) is 0 Å². The van der Waals surface area contributed by atoms with Crippen LogP contribution in [-0.4, -0.2) is 24.3 Å². The first-order valence-electron chi connectivity index (χ1n) is 8.00. The van der Waals surface area contributed by atoms with E-state index in [1.807, 2.05) is 0 Å². The minimum Gasteiger partial charge on any atom is -0.484 e. The maximum absolute atomic E-state index is 12.1. The predicted octanol–water partition coefficient (Wildman–Crippen LogP) is 3.21. The molecule has 1 aromatic carbocycles. The van der Waals surface area contributed by atoms with Crippen LogP contribution in [0, 0.1) is 11.8 Å². The van der Waals surface area contributed by atoms with Crippen molar-refractivity contribution in [2.75, 3.05) is 6.61 Å². The highest BCUT2D eigenvalue weighted by molar-refractivity contribution is 5.94. The first-order valence-corrected chi connectivity index (χ1v) is 8.00. The number of benzene rings is 1. The Labute approximate surface area is 132 Å². The van der Waals surface area contributed by atoms with E-state index in [0.717, 1.165) is 12.8 Å². The molecule has 0 radical (unpaired) electrons. The Kier molecular flexibility index (Phi) is 5.58. The number of ketones is 1. The third-order valence-corrected chi connectivity index (χ3v) is 4.66. The summed E-state index contributed by atoms with van der Waals surface area (Å²) in [7, 11) is 0. The second-order valence-electron chi connectivity index (χ2n) is 6.31. The smallest absolute Gasteiger partial charge is 0.258 e. The molecule has 0 saturated heterocycles. The highest BCUT2D eigenvalue weighted by atomic mass is 16.5. The summed E-state index contributed by atoms with van der Waals surface area (Å²) >= 11 is 0. The standard InChI is InChI=1S/C18H25NO3/c1-12-6-4-9-17(13(12)2)19-18(21)11-22-16-8-5-7-15(10-16)14(3)20/h5,7-8,10,12-13,17H,4,6,9,11H2,1-3H3,(H,19,21)/t12-,13-,17-/m1/s1. The highest BCUT2D eigenvalue weighted by Crippen LogP contribution is 2.29. The Hall–Kier alpha value is -1.84. The Bertz CT molecular complexity index is 541. The minimum atomic E-state index is -0.0980. The molecule has 120 valence electrons. The zero-order valence-electron chi connectivity index (χ0n) is 13.6. The van der Waals surface area contributed by atoms with Gasteiger partial charge in [0, 0.05) is 11.6 Å². The molecule has 4 nitrogen and oxygen atoms in total. The largest absolute Gasteiger partial charge is 0.484 e. The van der Waals surface area contributed by atoms with Gasteiger partial charge in [0.05, 0.1) is 0 Å². The molecule has 1 aromatic rings. The molecule has 1 aliphatic carbocycles. The first-order chi connectivity index (χ1) is 10.5. The van der Waals surface area contributed by atoms with Gasteiger partial charge in [0.2, 0.25) is 0 Å². The van der Waals surface area contributed by atoms with Crippen molar-refractivity contribution in [3.63, 3.8) is 0 Å². The lowest BCUT2D eigenvalue weighted by atomic mass is 9.78. The van der Waals surface area contributed by atoms with Gasteiger partial charge in [0.15, 0.2) is 12.4 Å². The summed E-state index contributed by atoms with van der Waals surface area (Å²) in [6.45, 7) is 5.94. The van der Waals surface area contributed by atoms with Crippen molar-refractivity contribution in [3.05, 3.63) is 29.8 Å². The summed E-state index contributed by atoms with van der Waals surface area (Å²) in [5, 5.41) is 3.08. The van der Waals surface area contributed by atoms with Crippen molar-refractivity contribution in [3.8, 4) is 5.75 Å². The van der Waals surface area contributed by atoms with Crippen molar-refractivity contribution in [1.82, 2.24) is 5.32 Å². The number of ether oxygens (including phenoxy) is 1. The molecule has 0 aromatic heterocycles. The number of hydrogen-bond acceptors (Lipinski definition) is 3. The Morgan fingerprint density at radius 3 is 2.77 bits per heavy atom. The van der Waals surface area contributed by atoms with Gasteiger partial charge >= 0.3 is 0 Å². The van der Waals surface area contributed by atoms with Gasteiger partial charge < -0.3 is 10.1 Å². The lowest BCUT2D eigenvalue weighted by Crippen LogP contribution is -2.45. The van der Waals surface area contributed by atoms with Crippen molar-refractivity contribution in [1.29, 1.82) is 0 Å². The van der Waals surface area contributed by atoms with Gasteiger partial charge in [-0.25, -0.2) is 0 Å². The number of carbonyl (C=O) groups excluding carboxylic acids is 2. The van der Waals surface area contributed by atoms with Crippen molar-refractivity contribution in [2.24, 2.45) is 11.8 Å². The molecule has 1 saturated carbocycles. The van der Waals surface area contributed by atoms with Gasteiger partial charge in [0.25, 0.3) is 5.91 Å². The topological polar surface area (TPSA) is 55.4 Å². The molecule has 2 rings (SSSR count). The second kappa shape index (κ2) is 7.43. The van der Waals surface area contributed by atoms with Crippen LogP contribution in [0.3, 0.4) is 0 Å². The fraction of sp³-hybridized carbons (Fsp3) is 0.556. The van der Waals surface area contributed by atoms with Crippen LogP contribution in [0.2, 0.25) is 0 Å². The molecule has 0 spiro atoms. The molecule has 0 aliphatic heterocycles. The second-order valence-corrected chi connectivity index (χ2v) is 6.31. The number of Topliss-reactive ketones (excluding diaryl/α,β-unsaturated/α-hetero) is 1. The van der Waals surface area contributed by atoms with Gasteiger partial charge in [-0.15, -0.1) is 0 Å². The van der Waals surface area contributed by atoms with Gasteiger partial charge in [-0.3, -0.25) is 9.59 Å².